The Hall–Kier alpha value is -2.88. The van der Waals surface area contributed by atoms with Crippen molar-refractivity contribution < 1.29 is 27.6 Å². The number of rotatable bonds is 5. The topological polar surface area (TPSA) is 107 Å². The summed E-state index contributed by atoms with van der Waals surface area (Å²) in [5.41, 5.74) is 3.28. The van der Waals surface area contributed by atoms with Gasteiger partial charge in [-0.3, -0.25) is 10.1 Å². The van der Waals surface area contributed by atoms with Crippen molar-refractivity contribution in [2.75, 3.05) is 13.2 Å². The smallest absolute Gasteiger partial charge is 0.416 e. The zero-order valence-corrected chi connectivity index (χ0v) is 14.6. The highest BCUT2D eigenvalue weighted by Gasteiger charge is 2.45. The Morgan fingerprint density at radius 1 is 1.30 bits per heavy atom. The van der Waals surface area contributed by atoms with Gasteiger partial charge in [-0.05, 0) is 25.5 Å². The Morgan fingerprint density at radius 2 is 1.93 bits per heavy atom. The molecule has 0 unspecified atom stereocenters. The first-order valence-corrected chi connectivity index (χ1v) is 7.95. The standard InChI is InChI=1S/C17H18F3N3O4/c1-9-13(16(24)27-8-7-21)14(15(23(25)26)10(2)22-9)11-5-3-4-6-12(11)17(18,19)20/h3-6,14,22H,7-8,21H2,1-2H3/t14-/m0/s1. The van der Waals surface area contributed by atoms with Gasteiger partial charge in [0.1, 0.15) is 12.5 Å². The number of ether oxygens (including phenoxy) is 1. The Labute approximate surface area is 152 Å². The number of nitro groups is 1. The molecule has 0 bridgehead atoms. The predicted molar refractivity (Wildman–Crippen MR) is 89.7 cm³/mol. The number of allylic oxidation sites excluding steroid dienone is 3. The molecule has 0 radical (unpaired) electrons. The fourth-order valence-electron chi connectivity index (χ4n) is 3.03. The number of dihydropyridines is 1. The Morgan fingerprint density at radius 3 is 2.48 bits per heavy atom. The van der Waals surface area contributed by atoms with Gasteiger partial charge in [0, 0.05) is 12.2 Å². The van der Waals surface area contributed by atoms with Crippen LogP contribution >= 0.6 is 0 Å². The molecule has 27 heavy (non-hydrogen) atoms. The highest BCUT2D eigenvalue weighted by atomic mass is 19.4. The second kappa shape index (κ2) is 7.78. The zero-order chi connectivity index (χ0) is 20.4. The number of nitrogens with one attached hydrogen (secondary N) is 1. The van der Waals surface area contributed by atoms with E-state index in [9.17, 15) is 28.1 Å². The minimum Gasteiger partial charge on any atom is -0.461 e. The molecule has 0 saturated carbocycles. The Balaban J connectivity index is 2.74. The molecule has 1 aromatic rings. The van der Waals surface area contributed by atoms with Gasteiger partial charge in [0.25, 0.3) is 5.70 Å². The number of hydrogen-bond donors (Lipinski definition) is 2. The van der Waals surface area contributed by atoms with Crippen LogP contribution in [0.1, 0.15) is 30.9 Å². The molecule has 146 valence electrons. The molecule has 2 rings (SSSR count). The summed E-state index contributed by atoms with van der Waals surface area (Å²) in [4.78, 5) is 23.3. The monoisotopic (exact) mass is 385 g/mol. The minimum absolute atomic E-state index is 0.00621. The second-order valence-corrected chi connectivity index (χ2v) is 5.87. The molecule has 1 aliphatic heterocycles. The van der Waals surface area contributed by atoms with Gasteiger partial charge in [0.15, 0.2) is 0 Å². The lowest BCUT2D eigenvalue weighted by Crippen LogP contribution is -2.33. The summed E-state index contributed by atoms with van der Waals surface area (Å²) in [6, 6.07) is 4.46. The van der Waals surface area contributed by atoms with E-state index in [2.05, 4.69) is 5.32 Å². The van der Waals surface area contributed by atoms with Crippen molar-refractivity contribution in [3.8, 4) is 0 Å². The van der Waals surface area contributed by atoms with Gasteiger partial charge in [0.05, 0.1) is 21.8 Å². The van der Waals surface area contributed by atoms with Crippen LogP contribution in [0.5, 0.6) is 0 Å². The van der Waals surface area contributed by atoms with Gasteiger partial charge in [-0.1, -0.05) is 18.2 Å². The quantitative estimate of drug-likeness (QED) is 0.458. The number of nitrogens with two attached hydrogens (primary N) is 1. The molecule has 0 aliphatic carbocycles. The molecular weight excluding hydrogens is 367 g/mol. The highest BCUT2D eigenvalue weighted by Crippen LogP contribution is 2.44. The van der Waals surface area contributed by atoms with Crippen molar-refractivity contribution >= 4 is 5.97 Å². The molecule has 1 aliphatic rings. The predicted octanol–water partition coefficient (Wildman–Crippen LogP) is 2.68. The number of carbonyl (C=O) groups excluding carboxylic acids is 1. The number of carbonyl (C=O) groups is 1. The maximum Gasteiger partial charge on any atom is 0.416 e. The first kappa shape index (κ1) is 20.4. The third-order valence-electron chi connectivity index (χ3n) is 4.07. The Kier molecular flexibility index (Phi) is 5.89. The lowest BCUT2D eigenvalue weighted by atomic mass is 9.81. The van der Waals surface area contributed by atoms with E-state index in [0.717, 1.165) is 12.1 Å². The van der Waals surface area contributed by atoms with E-state index in [1.165, 1.54) is 26.0 Å². The van der Waals surface area contributed by atoms with Crippen LogP contribution in [0.4, 0.5) is 13.2 Å². The lowest BCUT2D eigenvalue weighted by molar-refractivity contribution is -0.431. The third-order valence-corrected chi connectivity index (χ3v) is 4.07. The maximum absolute atomic E-state index is 13.5. The number of benzene rings is 1. The normalized spacial score (nSPS) is 17.6. The molecular formula is C17H18F3N3O4. The van der Waals surface area contributed by atoms with E-state index in [-0.39, 0.29) is 30.1 Å². The van der Waals surface area contributed by atoms with Crippen LogP contribution in [0.2, 0.25) is 0 Å². The molecule has 1 atom stereocenters. The number of esters is 1. The van der Waals surface area contributed by atoms with Crippen LogP contribution in [0.25, 0.3) is 0 Å². The van der Waals surface area contributed by atoms with Crippen LogP contribution in [0.15, 0.2) is 46.9 Å². The largest absolute Gasteiger partial charge is 0.461 e. The summed E-state index contributed by atoms with van der Waals surface area (Å²) in [7, 11) is 0. The van der Waals surface area contributed by atoms with Crippen molar-refractivity contribution in [1.82, 2.24) is 5.32 Å². The molecule has 0 fully saturated rings. The van der Waals surface area contributed by atoms with Crippen molar-refractivity contribution in [3.63, 3.8) is 0 Å². The summed E-state index contributed by atoms with van der Waals surface area (Å²) in [6.07, 6.45) is -4.75. The number of alkyl halides is 3. The van der Waals surface area contributed by atoms with Gasteiger partial charge in [-0.2, -0.15) is 13.2 Å². The first-order valence-electron chi connectivity index (χ1n) is 7.95. The molecule has 1 heterocycles. The van der Waals surface area contributed by atoms with Gasteiger partial charge in [-0.15, -0.1) is 0 Å². The van der Waals surface area contributed by atoms with Crippen LogP contribution in [0, 0.1) is 10.1 Å². The number of hydrogen-bond acceptors (Lipinski definition) is 6. The average Bonchev–Trinajstić information content (AvgIpc) is 2.57. The van der Waals surface area contributed by atoms with Crippen molar-refractivity contribution in [2.24, 2.45) is 5.73 Å². The fraction of sp³-hybridized carbons (Fsp3) is 0.353. The summed E-state index contributed by atoms with van der Waals surface area (Å²) >= 11 is 0. The van der Waals surface area contributed by atoms with Gasteiger partial charge in [-0.25, -0.2) is 4.79 Å². The number of halogens is 3. The molecule has 0 aromatic heterocycles. The minimum atomic E-state index is -4.75. The molecule has 7 nitrogen and oxygen atoms in total. The van der Waals surface area contributed by atoms with E-state index in [1.807, 2.05) is 0 Å². The highest BCUT2D eigenvalue weighted by molar-refractivity contribution is 5.92. The fourth-order valence-corrected chi connectivity index (χ4v) is 3.03. The Bertz CT molecular complexity index is 831. The zero-order valence-electron chi connectivity index (χ0n) is 14.6. The first-order chi connectivity index (χ1) is 12.6. The van der Waals surface area contributed by atoms with Gasteiger partial charge < -0.3 is 15.8 Å². The summed E-state index contributed by atoms with van der Waals surface area (Å²) < 4.78 is 45.5. The van der Waals surface area contributed by atoms with Crippen molar-refractivity contribution in [3.05, 3.63) is 68.2 Å². The van der Waals surface area contributed by atoms with Gasteiger partial charge >= 0.3 is 12.1 Å². The number of nitrogens with zero attached hydrogens (tertiary/aromatic N) is 1. The van der Waals surface area contributed by atoms with Crippen molar-refractivity contribution in [2.45, 2.75) is 25.9 Å². The molecule has 10 heteroatoms. The van der Waals surface area contributed by atoms with E-state index < -0.39 is 39.8 Å². The summed E-state index contributed by atoms with van der Waals surface area (Å²) in [5.74, 6) is -2.50. The van der Waals surface area contributed by atoms with E-state index >= 15 is 0 Å². The summed E-state index contributed by atoms with van der Waals surface area (Å²) in [6.45, 7) is 2.65. The van der Waals surface area contributed by atoms with Crippen LogP contribution in [-0.2, 0) is 15.7 Å². The van der Waals surface area contributed by atoms with Crippen LogP contribution in [0.3, 0.4) is 0 Å². The SMILES string of the molecule is CC1=C(C(=O)OCCN)[C@H](c2ccccc2C(F)(F)F)C([N+](=O)[O-])=C(C)N1. The molecule has 3 N–H and O–H groups in total. The van der Waals surface area contributed by atoms with E-state index in [0.29, 0.717) is 0 Å². The summed E-state index contributed by atoms with van der Waals surface area (Å²) in [5, 5.41) is 14.3. The maximum atomic E-state index is 13.5. The second-order valence-electron chi connectivity index (χ2n) is 5.87. The van der Waals surface area contributed by atoms with Crippen molar-refractivity contribution in [1.29, 1.82) is 0 Å². The van der Waals surface area contributed by atoms with Gasteiger partial charge in [0.2, 0.25) is 0 Å². The van der Waals surface area contributed by atoms with E-state index in [4.69, 9.17) is 10.5 Å². The average molecular weight is 385 g/mol. The van der Waals surface area contributed by atoms with E-state index in [1.54, 1.807) is 0 Å². The third kappa shape index (κ3) is 4.11. The molecule has 0 saturated heterocycles. The lowest BCUT2D eigenvalue weighted by Gasteiger charge is -2.28. The molecule has 1 aromatic carbocycles. The van der Waals surface area contributed by atoms with Crippen LogP contribution < -0.4 is 11.1 Å². The molecule has 0 amide bonds. The molecule has 0 spiro atoms. The van der Waals surface area contributed by atoms with Crippen LogP contribution in [-0.4, -0.2) is 24.0 Å².